The molecule has 1 atom stereocenters. The first kappa shape index (κ1) is 62.1. The van der Waals surface area contributed by atoms with Crippen molar-refractivity contribution in [2.75, 3.05) is 13.2 Å². The fourth-order valence-electron chi connectivity index (χ4n) is 7.85. The van der Waals surface area contributed by atoms with E-state index in [0.29, 0.717) is 19.3 Å². The highest BCUT2D eigenvalue weighted by Gasteiger charge is 2.19. The van der Waals surface area contributed by atoms with E-state index in [4.69, 9.17) is 14.2 Å². The van der Waals surface area contributed by atoms with Crippen molar-refractivity contribution >= 4 is 17.9 Å². The lowest BCUT2D eigenvalue weighted by atomic mass is 10.0. The van der Waals surface area contributed by atoms with Crippen molar-refractivity contribution in [3.63, 3.8) is 0 Å². The fraction of sp³-hybridized carbons (Fsp3) is 0.780. The van der Waals surface area contributed by atoms with Crippen molar-refractivity contribution in [1.82, 2.24) is 0 Å². The Morgan fingerprint density at radius 3 is 0.985 bits per heavy atom. The fourth-order valence-corrected chi connectivity index (χ4v) is 7.85. The monoisotopic (exact) mass is 909 g/mol. The van der Waals surface area contributed by atoms with Gasteiger partial charge in [0.1, 0.15) is 13.2 Å². The number of hydrogen-bond donors (Lipinski definition) is 0. The van der Waals surface area contributed by atoms with Crippen LogP contribution in [0.25, 0.3) is 0 Å². The van der Waals surface area contributed by atoms with E-state index >= 15 is 0 Å². The second kappa shape index (κ2) is 53.7. The number of hydrogen-bond acceptors (Lipinski definition) is 6. The van der Waals surface area contributed by atoms with Crippen molar-refractivity contribution in [3.05, 3.63) is 60.8 Å². The number of unbranched alkanes of at least 4 members (excludes halogenated alkanes) is 29. The third-order valence-electron chi connectivity index (χ3n) is 12.0. The van der Waals surface area contributed by atoms with Gasteiger partial charge in [0.05, 0.1) is 0 Å². The Hall–Kier alpha value is -2.89. The summed E-state index contributed by atoms with van der Waals surface area (Å²) in [5.74, 6) is -0.956. The van der Waals surface area contributed by atoms with Gasteiger partial charge in [-0.15, -0.1) is 0 Å². The van der Waals surface area contributed by atoms with Crippen LogP contribution in [0.5, 0.6) is 0 Å². The van der Waals surface area contributed by atoms with Gasteiger partial charge < -0.3 is 14.2 Å². The Morgan fingerprint density at radius 2 is 0.615 bits per heavy atom. The summed E-state index contributed by atoms with van der Waals surface area (Å²) in [5.41, 5.74) is 0. The summed E-state index contributed by atoms with van der Waals surface area (Å²) in [7, 11) is 0. The van der Waals surface area contributed by atoms with Crippen LogP contribution in [-0.2, 0) is 28.6 Å². The summed E-state index contributed by atoms with van der Waals surface area (Å²) in [6, 6.07) is 0. The molecule has 0 aliphatic heterocycles. The zero-order valence-corrected chi connectivity index (χ0v) is 43.0. The molecule has 65 heavy (non-hydrogen) atoms. The van der Waals surface area contributed by atoms with Crippen LogP contribution in [-0.4, -0.2) is 37.2 Å². The van der Waals surface area contributed by atoms with Crippen molar-refractivity contribution in [2.45, 2.75) is 284 Å². The zero-order valence-electron chi connectivity index (χ0n) is 43.0. The molecule has 0 heterocycles. The molecule has 6 heteroatoms. The van der Waals surface area contributed by atoms with Gasteiger partial charge in [-0.1, -0.05) is 242 Å². The van der Waals surface area contributed by atoms with Crippen LogP contribution in [0, 0.1) is 0 Å². The van der Waals surface area contributed by atoms with Gasteiger partial charge in [0.2, 0.25) is 0 Å². The molecule has 0 N–H and O–H groups in total. The van der Waals surface area contributed by atoms with E-state index in [2.05, 4.69) is 81.5 Å². The summed E-state index contributed by atoms with van der Waals surface area (Å²) in [4.78, 5) is 38.0. The largest absolute Gasteiger partial charge is 0.462 e. The van der Waals surface area contributed by atoms with Gasteiger partial charge in [0.15, 0.2) is 6.10 Å². The van der Waals surface area contributed by atoms with Crippen molar-refractivity contribution in [3.8, 4) is 0 Å². The van der Waals surface area contributed by atoms with E-state index in [-0.39, 0.29) is 37.5 Å². The highest BCUT2D eigenvalue weighted by atomic mass is 16.6. The maximum Gasteiger partial charge on any atom is 0.306 e. The normalized spacial score (nSPS) is 12.5. The highest BCUT2D eigenvalue weighted by Crippen LogP contribution is 2.16. The Kier molecular flexibility index (Phi) is 51.3. The van der Waals surface area contributed by atoms with Gasteiger partial charge in [0.25, 0.3) is 0 Å². The Labute approximate surface area is 402 Å². The number of allylic oxidation sites excluding steroid dienone is 10. The van der Waals surface area contributed by atoms with Crippen LogP contribution in [0.1, 0.15) is 278 Å². The quantitative estimate of drug-likeness (QED) is 0.0262. The molecular formula is C59H104O6. The predicted octanol–water partition coefficient (Wildman–Crippen LogP) is 18.4. The number of carbonyl (C=O) groups is 3. The molecule has 0 spiro atoms. The first-order valence-electron chi connectivity index (χ1n) is 27.8. The van der Waals surface area contributed by atoms with Crippen LogP contribution in [0.3, 0.4) is 0 Å². The Balaban J connectivity index is 4.41. The van der Waals surface area contributed by atoms with Crippen LogP contribution < -0.4 is 0 Å². The van der Waals surface area contributed by atoms with E-state index in [1.165, 1.54) is 141 Å². The second-order valence-corrected chi connectivity index (χ2v) is 18.5. The molecule has 0 saturated carbocycles. The van der Waals surface area contributed by atoms with E-state index in [1.807, 2.05) is 0 Å². The van der Waals surface area contributed by atoms with Gasteiger partial charge in [-0.25, -0.2) is 0 Å². The van der Waals surface area contributed by atoms with Gasteiger partial charge in [-0.2, -0.15) is 0 Å². The van der Waals surface area contributed by atoms with Crippen LogP contribution in [0.4, 0.5) is 0 Å². The molecule has 376 valence electrons. The topological polar surface area (TPSA) is 78.9 Å². The number of carbonyl (C=O) groups excluding carboxylic acids is 3. The van der Waals surface area contributed by atoms with Gasteiger partial charge in [-0.3, -0.25) is 14.4 Å². The molecule has 0 radical (unpaired) electrons. The van der Waals surface area contributed by atoms with Gasteiger partial charge in [-0.05, 0) is 77.0 Å². The first-order chi connectivity index (χ1) is 32.0. The average Bonchev–Trinajstić information content (AvgIpc) is 3.30. The smallest absolute Gasteiger partial charge is 0.306 e. The molecule has 0 aromatic carbocycles. The molecule has 0 saturated heterocycles. The lowest BCUT2D eigenvalue weighted by Gasteiger charge is -2.18. The van der Waals surface area contributed by atoms with Crippen molar-refractivity contribution in [2.24, 2.45) is 0 Å². The number of ether oxygens (including phenoxy) is 3. The summed E-state index contributed by atoms with van der Waals surface area (Å²) < 4.78 is 16.8. The number of esters is 3. The van der Waals surface area contributed by atoms with E-state index in [0.717, 1.165) is 89.9 Å². The van der Waals surface area contributed by atoms with Crippen LogP contribution in [0.15, 0.2) is 60.8 Å². The molecule has 0 amide bonds. The summed E-state index contributed by atoms with van der Waals surface area (Å²) >= 11 is 0. The lowest BCUT2D eigenvalue weighted by molar-refractivity contribution is -0.167. The highest BCUT2D eigenvalue weighted by molar-refractivity contribution is 5.71. The standard InChI is InChI=1S/C59H104O6/c1-4-7-10-13-16-19-22-25-27-29-31-32-34-37-40-43-46-49-52-58(61)64-55-56(54-63-57(60)51-48-45-42-39-36-24-21-18-15-12-9-6-3)65-59(62)53-50-47-44-41-38-35-33-30-28-26-23-20-17-14-11-8-5-2/h9,12,18,21,26,28,33,35,41,44,56H,4-8,10-11,13-17,19-20,22-25,27,29-32,34,36-40,42-43,45-55H2,1-3H3/b12-9-,21-18-,28-26-,35-33-,44-41-. The third-order valence-corrected chi connectivity index (χ3v) is 12.0. The second-order valence-electron chi connectivity index (χ2n) is 18.5. The van der Waals surface area contributed by atoms with Crippen molar-refractivity contribution in [1.29, 1.82) is 0 Å². The van der Waals surface area contributed by atoms with Crippen molar-refractivity contribution < 1.29 is 28.6 Å². The summed E-state index contributed by atoms with van der Waals surface area (Å²) in [5, 5.41) is 0. The maximum atomic E-state index is 12.8. The SMILES string of the molecule is CC/C=C\C/C=C\CCCCCCCC(=O)OCC(COC(=O)CCCCCCCCCCCCCCCCCCCC)OC(=O)CCC/C=C\C/C=C\C/C=C\CCCCCCCC. The summed E-state index contributed by atoms with van der Waals surface area (Å²) in [6.07, 6.45) is 66.5. The lowest BCUT2D eigenvalue weighted by Crippen LogP contribution is -2.30. The Bertz CT molecular complexity index is 1180. The molecule has 0 aliphatic carbocycles. The zero-order chi connectivity index (χ0) is 47.2. The van der Waals surface area contributed by atoms with Crippen LogP contribution in [0.2, 0.25) is 0 Å². The first-order valence-corrected chi connectivity index (χ1v) is 27.8. The van der Waals surface area contributed by atoms with Gasteiger partial charge in [0, 0.05) is 19.3 Å². The molecule has 6 nitrogen and oxygen atoms in total. The minimum atomic E-state index is -0.804. The maximum absolute atomic E-state index is 12.8. The Morgan fingerprint density at radius 1 is 0.323 bits per heavy atom. The van der Waals surface area contributed by atoms with E-state index in [1.54, 1.807) is 0 Å². The predicted molar refractivity (Wildman–Crippen MR) is 279 cm³/mol. The minimum Gasteiger partial charge on any atom is -0.462 e. The molecule has 0 aromatic rings. The average molecular weight is 909 g/mol. The minimum absolute atomic E-state index is 0.0965. The van der Waals surface area contributed by atoms with Gasteiger partial charge >= 0.3 is 17.9 Å². The third kappa shape index (κ3) is 51.9. The molecule has 1 unspecified atom stereocenters. The molecule has 0 aliphatic rings. The number of rotatable bonds is 50. The molecular weight excluding hydrogens is 805 g/mol. The molecule has 0 bridgehead atoms. The molecule has 0 rings (SSSR count). The van der Waals surface area contributed by atoms with E-state index < -0.39 is 6.10 Å². The molecule has 0 aromatic heterocycles. The molecule has 0 fully saturated rings. The van der Waals surface area contributed by atoms with E-state index in [9.17, 15) is 14.4 Å². The summed E-state index contributed by atoms with van der Waals surface area (Å²) in [6.45, 7) is 6.49. The van der Waals surface area contributed by atoms with Crippen LogP contribution >= 0.6 is 0 Å².